The number of nitrogens with two attached hydrogens (primary N) is 1. The molecule has 1 unspecified atom stereocenters. The van der Waals surface area contributed by atoms with Crippen LogP contribution in [0.4, 0.5) is 0 Å². The fraction of sp³-hybridized carbons (Fsp3) is 0.400. The van der Waals surface area contributed by atoms with Crippen molar-refractivity contribution in [3.63, 3.8) is 0 Å². The van der Waals surface area contributed by atoms with E-state index in [0.717, 1.165) is 12.2 Å². The van der Waals surface area contributed by atoms with Crippen LogP contribution in [0, 0.1) is 12.8 Å². The number of nitrogens with zero attached hydrogens (tertiary/aromatic N) is 2. The molecule has 0 fully saturated rings. The van der Waals surface area contributed by atoms with Gasteiger partial charge in [0.2, 0.25) is 0 Å². The van der Waals surface area contributed by atoms with Crippen LogP contribution in [-0.2, 0) is 6.54 Å². The average Bonchev–Trinajstić information content (AvgIpc) is 2.79. The Hall–Kier alpha value is -1.61. The first-order chi connectivity index (χ1) is 8.59. The summed E-state index contributed by atoms with van der Waals surface area (Å²) >= 11 is 0. The lowest BCUT2D eigenvalue weighted by molar-refractivity contribution is 0.484. The van der Waals surface area contributed by atoms with Gasteiger partial charge in [0.05, 0.1) is 12.0 Å². The van der Waals surface area contributed by atoms with Gasteiger partial charge < -0.3 is 10.3 Å². The summed E-state index contributed by atoms with van der Waals surface area (Å²) in [7, 11) is 0. The second kappa shape index (κ2) is 5.36. The first-order valence-corrected chi connectivity index (χ1v) is 6.39. The minimum absolute atomic E-state index is 0.0384. The molecule has 1 heterocycles. The van der Waals surface area contributed by atoms with Crippen LogP contribution in [-0.4, -0.2) is 9.55 Å². The molecule has 3 nitrogen and oxygen atoms in total. The Bertz CT molecular complexity index is 514. The Labute approximate surface area is 109 Å². The second-order valence-corrected chi connectivity index (χ2v) is 5.14. The molecule has 0 saturated carbocycles. The Morgan fingerprint density at radius 2 is 2.00 bits per heavy atom. The van der Waals surface area contributed by atoms with Crippen molar-refractivity contribution in [1.29, 1.82) is 0 Å². The van der Waals surface area contributed by atoms with Gasteiger partial charge >= 0.3 is 0 Å². The van der Waals surface area contributed by atoms with Crippen LogP contribution < -0.4 is 5.73 Å². The van der Waals surface area contributed by atoms with E-state index in [4.69, 9.17) is 5.73 Å². The van der Waals surface area contributed by atoms with Gasteiger partial charge in [-0.3, -0.25) is 0 Å². The number of aryl methyl sites for hydroxylation is 1. The Kier molecular flexibility index (Phi) is 3.82. The summed E-state index contributed by atoms with van der Waals surface area (Å²) < 4.78 is 2.15. The Morgan fingerprint density at radius 3 is 2.67 bits per heavy atom. The zero-order chi connectivity index (χ0) is 13.1. The van der Waals surface area contributed by atoms with E-state index in [2.05, 4.69) is 54.6 Å². The predicted molar refractivity (Wildman–Crippen MR) is 74.3 cm³/mol. The van der Waals surface area contributed by atoms with Crippen molar-refractivity contribution < 1.29 is 0 Å². The fourth-order valence-electron chi connectivity index (χ4n) is 2.05. The number of imidazole rings is 1. The lowest BCUT2D eigenvalue weighted by atomic mass is 10.0. The van der Waals surface area contributed by atoms with Gasteiger partial charge in [-0.2, -0.15) is 0 Å². The molecule has 0 bridgehead atoms. The van der Waals surface area contributed by atoms with Crippen molar-refractivity contribution in [2.24, 2.45) is 11.7 Å². The summed E-state index contributed by atoms with van der Waals surface area (Å²) in [5, 5.41) is 0. The maximum atomic E-state index is 6.21. The van der Waals surface area contributed by atoms with Crippen LogP contribution in [0.25, 0.3) is 0 Å². The third kappa shape index (κ3) is 2.62. The van der Waals surface area contributed by atoms with Crippen LogP contribution in [0.2, 0.25) is 0 Å². The van der Waals surface area contributed by atoms with Crippen LogP contribution >= 0.6 is 0 Å². The molecule has 2 rings (SSSR count). The van der Waals surface area contributed by atoms with Gasteiger partial charge in [0, 0.05) is 18.8 Å². The summed E-state index contributed by atoms with van der Waals surface area (Å²) in [4.78, 5) is 4.23. The van der Waals surface area contributed by atoms with Crippen LogP contribution in [0.15, 0.2) is 36.8 Å². The van der Waals surface area contributed by atoms with Gasteiger partial charge in [0.25, 0.3) is 0 Å². The molecule has 0 aliphatic carbocycles. The van der Waals surface area contributed by atoms with Crippen LogP contribution in [0.5, 0.6) is 0 Å². The first kappa shape index (κ1) is 12.8. The van der Waals surface area contributed by atoms with Gasteiger partial charge in [0.1, 0.15) is 0 Å². The van der Waals surface area contributed by atoms with E-state index in [1.807, 2.05) is 12.5 Å². The minimum Gasteiger partial charge on any atom is -0.329 e. The molecule has 1 aromatic heterocycles. The van der Waals surface area contributed by atoms with E-state index in [1.54, 1.807) is 0 Å². The molecular formula is C15H21N3. The average molecular weight is 243 g/mol. The van der Waals surface area contributed by atoms with Gasteiger partial charge in [-0.15, -0.1) is 0 Å². The number of benzene rings is 1. The molecule has 0 spiro atoms. The number of hydrogen-bond acceptors (Lipinski definition) is 2. The van der Waals surface area contributed by atoms with E-state index in [9.17, 15) is 0 Å². The Balaban J connectivity index is 2.26. The van der Waals surface area contributed by atoms with Crippen LogP contribution in [0.1, 0.15) is 36.7 Å². The third-order valence-electron chi connectivity index (χ3n) is 3.41. The summed E-state index contributed by atoms with van der Waals surface area (Å²) in [5.41, 5.74) is 9.93. The molecule has 1 atom stereocenters. The van der Waals surface area contributed by atoms with E-state index in [1.165, 1.54) is 11.1 Å². The second-order valence-electron chi connectivity index (χ2n) is 5.14. The lowest BCUT2D eigenvalue weighted by Gasteiger charge is -2.18. The summed E-state index contributed by atoms with van der Waals surface area (Å²) in [6.07, 6.45) is 3.74. The molecule has 3 heteroatoms. The molecule has 0 aliphatic heterocycles. The summed E-state index contributed by atoms with van der Waals surface area (Å²) in [6.45, 7) is 7.24. The lowest BCUT2D eigenvalue weighted by Crippen LogP contribution is -2.20. The highest BCUT2D eigenvalue weighted by Crippen LogP contribution is 2.20. The van der Waals surface area contributed by atoms with Crippen molar-refractivity contribution >= 4 is 0 Å². The highest BCUT2D eigenvalue weighted by atomic mass is 15.1. The van der Waals surface area contributed by atoms with Gasteiger partial charge in [-0.25, -0.2) is 4.98 Å². The van der Waals surface area contributed by atoms with E-state index >= 15 is 0 Å². The number of rotatable bonds is 4. The van der Waals surface area contributed by atoms with Gasteiger partial charge in [0.15, 0.2) is 0 Å². The van der Waals surface area contributed by atoms with Gasteiger partial charge in [-0.05, 0) is 24.0 Å². The van der Waals surface area contributed by atoms with E-state index in [-0.39, 0.29) is 6.04 Å². The number of aromatic nitrogens is 2. The molecule has 0 saturated heterocycles. The van der Waals surface area contributed by atoms with Crippen LogP contribution in [0.3, 0.4) is 0 Å². The Morgan fingerprint density at radius 1 is 1.28 bits per heavy atom. The molecule has 1 aromatic carbocycles. The molecule has 0 amide bonds. The van der Waals surface area contributed by atoms with Crippen molar-refractivity contribution in [1.82, 2.24) is 9.55 Å². The minimum atomic E-state index is 0.0384. The van der Waals surface area contributed by atoms with E-state index < -0.39 is 0 Å². The van der Waals surface area contributed by atoms with Crippen molar-refractivity contribution in [2.75, 3.05) is 0 Å². The maximum absolute atomic E-state index is 6.21. The molecule has 2 N–H and O–H groups in total. The van der Waals surface area contributed by atoms with Crippen molar-refractivity contribution in [2.45, 2.75) is 33.4 Å². The molecule has 18 heavy (non-hydrogen) atoms. The van der Waals surface area contributed by atoms with Crippen molar-refractivity contribution in [3.05, 3.63) is 53.6 Å². The molecule has 0 radical (unpaired) electrons. The zero-order valence-electron chi connectivity index (χ0n) is 11.3. The predicted octanol–water partition coefficient (Wildman–Crippen LogP) is 2.90. The molecular weight excluding hydrogens is 222 g/mol. The standard InChI is InChI=1S/C15H21N3/c1-11(2)15(16)14-8-17-10-18(14)9-13-7-5-4-6-12(13)3/h4-8,10-11,15H,9,16H2,1-3H3. The SMILES string of the molecule is Cc1ccccc1Cn1cncc1C(N)C(C)C. The molecule has 96 valence electrons. The fourth-order valence-corrected chi connectivity index (χ4v) is 2.05. The first-order valence-electron chi connectivity index (χ1n) is 6.39. The monoisotopic (exact) mass is 243 g/mol. The quantitative estimate of drug-likeness (QED) is 0.897. The highest BCUT2D eigenvalue weighted by molar-refractivity contribution is 5.26. The summed E-state index contributed by atoms with van der Waals surface area (Å²) in [5.74, 6) is 0.414. The maximum Gasteiger partial charge on any atom is 0.0951 e. The number of hydrogen-bond donors (Lipinski definition) is 1. The normalized spacial score (nSPS) is 12.9. The topological polar surface area (TPSA) is 43.8 Å². The molecule has 2 aromatic rings. The smallest absolute Gasteiger partial charge is 0.0951 e. The molecule has 0 aliphatic rings. The third-order valence-corrected chi connectivity index (χ3v) is 3.41. The van der Waals surface area contributed by atoms with Gasteiger partial charge in [-0.1, -0.05) is 38.1 Å². The zero-order valence-corrected chi connectivity index (χ0v) is 11.3. The summed E-state index contributed by atoms with van der Waals surface area (Å²) in [6, 6.07) is 8.46. The highest BCUT2D eigenvalue weighted by Gasteiger charge is 2.15. The largest absolute Gasteiger partial charge is 0.329 e. The van der Waals surface area contributed by atoms with Crippen molar-refractivity contribution in [3.8, 4) is 0 Å². The van der Waals surface area contributed by atoms with E-state index in [0.29, 0.717) is 5.92 Å².